The zero-order chi connectivity index (χ0) is 19.3. The highest BCUT2D eigenvalue weighted by Crippen LogP contribution is 2.35. The Morgan fingerprint density at radius 1 is 1.08 bits per heavy atom. The molecule has 0 aromatic heterocycles. The van der Waals surface area contributed by atoms with Crippen LogP contribution in [0.25, 0.3) is 0 Å². The lowest BCUT2D eigenvalue weighted by Crippen LogP contribution is -2.32. The predicted molar refractivity (Wildman–Crippen MR) is 110 cm³/mol. The highest BCUT2D eigenvalue weighted by atomic mass is 16.5. The molecule has 0 aromatic carbocycles. The summed E-state index contributed by atoms with van der Waals surface area (Å²) >= 11 is 0. The van der Waals surface area contributed by atoms with Crippen LogP contribution in [0, 0.1) is 17.8 Å². The molecule has 152 valence electrons. The predicted octanol–water partition coefficient (Wildman–Crippen LogP) is 5.36. The van der Waals surface area contributed by atoms with Crippen LogP contribution in [0.4, 0.5) is 0 Å². The highest BCUT2D eigenvalue weighted by Gasteiger charge is 2.24. The molecule has 0 spiro atoms. The van der Waals surface area contributed by atoms with Crippen molar-refractivity contribution in [3.05, 3.63) is 24.3 Å². The lowest BCUT2D eigenvalue weighted by Gasteiger charge is -2.17. The summed E-state index contributed by atoms with van der Waals surface area (Å²) in [6.07, 6.45) is 22.8. The first-order chi connectivity index (χ1) is 12.5. The molecule has 0 aromatic rings. The first kappa shape index (κ1) is 23.4. The summed E-state index contributed by atoms with van der Waals surface area (Å²) in [5.41, 5.74) is 0. The molecule has 1 fully saturated rings. The maximum Gasteiger partial charge on any atom is 0.186 e. The Morgan fingerprint density at radius 3 is 2.58 bits per heavy atom. The van der Waals surface area contributed by atoms with Crippen molar-refractivity contribution in [3.63, 3.8) is 0 Å². The van der Waals surface area contributed by atoms with Crippen LogP contribution in [0.15, 0.2) is 24.3 Å². The summed E-state index contributed by atoms with van der Waals surface area (Å²) in [6.45, 7) is 4.00. The summed E-state index contributed by atoms with van der Waals surface area (Å²) in [5, 5.41) is 27.5. The Bertz CT molecular complexity index is 400. The third-order valence-corrected chi connectivity index (χ3v) is 5.92. The molecule has 0 amide bonds. The third kappa shape index (κ3) is 9.89. The van der Waals surface area contributed by atoms with E-state index in [1.54, 1.807) is 0 Å². The molecule has 0 bridgehead atoms. The fourth-order valence-electron chi connectivity index (χ4n) is 4.01. The third-order valence-electron chi connectivity index (χ3n) is 5.92. The van der Waals surface area contributed by atoms with Gasteiger partial charge in [-0.2, -0.15) is 0 Å². The quantitative estimate of drug-likeness (QED) is 0.220. The van der Waals surface area contributed by atoms with Gasteiger partial charge in [0.05, 0.1) is 6.61 Å². The van der Waals surface area contributed by atoms with E-state index in [2.05, 4.69) is 38.2 Å². The number of hydrogen-bond donors (Lipinski definition) is 3. The molecular formula is C23H42O3. The van der Waals surface area contributed by atoms with Crippen LogP contribution in [0.1, 0.15) is 90.9 Å². The Balaban J connectivity index is 2.27. The van der Waals surface area contributed by atoms with E-state index in [0.717, 1.165) is 30.6 Å². The lowest BCUT2D eigenvalue weighted by atomic mass is 9.90. The fraction of sp³-hybridized carbons (Fsp3) is 0.826. The highest BCUT2D eigenvalue weighted by molar-refractivity contribution is 4.98. The zero-order valence-electron chi connectivity index (χ0n) is 17.1. The maximum atomic E-state index is 9.35. The fourth-order valence-corrected chi connectivity index (χ4v) is 4.01. The molecular weight excluding hydrogens is 324 g/mol. The van der Waals surface area contributed by atoms with E-state index in [9.17, 15) is 10.2 Å². The minimum atomic E-state index is -1.91. The van der Waals surface area contributed by atoms with Gasteiger partial charge in [-0.05, 0) is 56.3 Å². The van der Waals surface area contributed by atoms with Gasteiger partial charge in [0.2, 0.25) is 0 Å². The van der Waals surface area contributed by atoms with Gasteiger partial charge in [-0.25, -0.2) is 0 Å². The van der Waals surface area contributed by atoms with Crippen LogP contribution >= 0.6 is 0 Å². The van der Waals surface area contributed by atoms with Crippen molar-refractivity contribution in [1.29, 1.82) is 0 Å². The van der Waals surface area contributed by atoms with Crippen molar-refractivity contribution in [3.8, 4) is 0 Å². The van der Waals surface area contributed by atoms with Crippen LogP contribution < -0.4 is 0 Å². The standard InChI is InChI=1S/C23H42O3/c1-3-5-12-20(4-2)13-10-15-22-17-11-16-21(22)14-8-6-7-9-18-23(25,26)19-24/h6,8,10,15,20-22,24-26H,3-5,7,9,11-14,16-19H2,1-2H3/b8-6-,15-10+/t20-,21-,22-/m0/s1. The molecule has 3 heteroatoms. The molecule has 3 nitrogen and oxygen atoms in total. The van der Waals surface area contributed by atoms with Crippen molar-refractivity contribution >= 4 is 0 Å². The zero-order valence-corrected chi connectivity index (χ0v) is 17.1. The Kier molecular flexibility index (Phi) is 12.2. The van der Waals surface area contributed by atoms with E-state index in [0.29, 0.717) is 6.42 Å². The summed E-state index contributed by atoms with van der Waals surface area (Å²) in [7, 11) is 0. The van der Waals surface area contributed by atoms with Gasteiger partial charge >= 0.3 is 0 Å². The van der Waals surface area contributed by atoms with E-state index in [1.165, 1.54) is 51.4 Å². The van der Waals surface area contributed by atoms with Crippen LogP contribution in [-0.2, 0) is 0 Å². The molecule has 1 rings (SSSR count). The maximum absolute atomic E-state index is 9.35. The second-order valence-electron chi connectivity index (χ2n) is 8.18. The van der Waals surface area contributed by atoms with Gasteiger partial charge in [0.25, 0.3) is 0 Å². The molecule has 0 aliphatic heterocycles. The van der Waals surface area contributed by atoms with Crippen LogP contribution in [0.2, 0.25) is 0 Å². The molecule has 3 atom stereocenters. The van der Waals surface area contributed by atoms with E-state index >= 15 is 0 Å². The number of aliphatic hydroxyl groups is 3. The summed E-state index contributed by atoms with van der Waals surface area (Å²) < 4.78 is 0. The van der Waals surface area contributed by atoms with Crippen molar-refractivity contribution in [2.24, 2.45) is 17.8 Å². The molecule has 1 saturated carbocycles. The lowest BCUT2D eigenvalue weighted by molar-refractivity contribution is -0.191. The monoisotopic (exact) mass is 366 g/mol. The van der Waals surface area contributed by atoms with E-state index in [4.69, 9.17) is 5.11 Å². The Morgan fingerprint density at radius 2 is 1.88 bits per heavy atom. The Labute approximate surface area is 161 Å². The van der Waals surface area contributed by atoms with E-state index in [1.807, 2.05) is 0 Å². The van der Waals surface area contributed by atoms with Crippen molar-refractivity contribution in [2.45, 2.75) is 96.7 Å². The van der Waals surface area contributed by atoms with Gasteiger partial charge in [-0.3, -0.25) is 0 Å². The smallest absolute Gasteiger partial charge is 0.186 e. The van der Waals surface area contributed by atoms with E-state index in [-0.39, 0.29) is 6.42 Å². The minimum Gasteiger partial charge on any atom is -0.391 e. The van der Waals surface area contributed by atoms with Crippen molar-refractivity contribution < 1.29 is 15.3 Å². The van der Waals surface area contributed by atoms with Crippen LogP contribution in [0.5, 0.6) is 0 Å². The van der Waals surface area contributed by atoms with E-state index < -0.39 is 12.4 Å². The van der Waals surface area contributed by atoms with Crippen LogP contribution in [0.3, 0.4) is 0 Å². The second-order valence-corrected chi connectivity index (χ2v) is 8.18. The normalized spacial score (nSPS) is 22.7. The average molecular weight is 367 g/mol. The van der Waals surface area contributed by atoms with Gasteiger partial charge < -0.3 is 15.3 Å². The number of unbranched alkanes of at least 4 members (excludes halogenated alkanes) is 2. The molecule has 1 aliphatic rings. The van der Waals surface area contributed by atoms with Gasteiger partial charge in [-0.15, -0.1) is 0 Å². The molecule has 0 saturated heterocycles. The number of allylic oxidation sites excluding steroid dienone is 4. The summed E-state index contributed by atoms with van der Waals surface area (Å²) in [6, 6.07) is 0. The number of hydrogen-bond acceptors (Lipinski definition) is 3. The van der Waals surface area contributed by atoms with Crippen LogP contribution in [-0.4, -0.2) is 27.7 Å². The molecule has 0 heterocycles. The topological polar surface area (TPSA) is 60.7 Å². The average Bonchev–Trinajstić information content (AvgIpc) is 3.08. The van der Waals surface area contributed by atoms with Gasteiger partial charge in [0.15, 0.2) is 5.79 Å². The molecule has 3 N–H and O–H groups in total. The van der Waals surface area contributed by atoms with Crippen molar-refractivity contribution in [1.82, 2.24) is 0 Å². The minimum absolute atomic E-state index is 0.221. The number of rotatable bonds is 14. The second kappa shape index (κ2) is 13.5. The Hall–Kier alpha value is -0.640. The summed E-state index contributed by atoms with van der Waals surface area (Å²) in [4.78, 5) is 0. The van der Waals surface area contributed by atoms with Gasteiger partial charge in [0.1, 0.15) is 0 Å². The molecule has 26 heavy (non-hydrogen) atoms. The van der Waals surface area contributed by atoms with Gasteiger partial charge in [0, 0.05) is 6.42 Å². The first-order valence-corrected chi connectivity index (χ1v) is 10.9. The summed E-state index contributed by atoms with van der Waals surface area (Å²) in [5.74, 6) is 0.448. The number of aliphatic hydroxyl groups excluding tert-OH is 1. The SMILES string of the molecule is CCCC[C@H](CC)C/C=C/[C@H]1CCC[C@@H]1C/C=C\CCCC(O)(O)CO. The molecule has 0 radical (unpaired) electrons. The molecule has 0 unspecified atom stereocenters. The molecule has 1 aliphatic carbocycles. The largest absolute Gasteiger partial charge is 0.391 e. The van der Waals surface area contributed by atoms with Crippen molar-refractivity contribution in [2.75, 3.05) is 6.61 Å². The first-order valence-electron chi connectivity index (χ1n) is 10.9. The van der Waals surface area contributed by atoms with Gasteiger partial charge in [-0.1, -0.05) is 70.3 Å².